The summed E-state index contributed by atoms with van der Waals surface area (Å²) in [5.74, 6) is -0.997. The zero-order chi connectivity index (χ0) is 59.9. The van der Waals surface area contributed by atoms with Gasteiger partial charge >= 0.3 is 17.9 Å². The van der Waals surface area contributed by atoms with Gasteiger partial charge in [0, 0.05) is 19.3 Å². The van der Waals surface area contributed by atoms with Gasteiger partial charge in [-0.25, -0.2) is 0 Å². The van der Waals surface area contributed by atoms with Gasteiger partial charge in [-0.1, -0.05) is 267 Å². The van der Waals surface area contributed by atoms with Crippen LogP contribution in [0.25, 0.3) is 0 Å². The average molecular weight is 1140 g/mol. The van der Waals surface area contributed by atoms with Crippen molar-refractivity contribution in [1.82, 2.24) is 0 Å². The first-order valence-corrected chi connectivity index (χ1v) is 33.3. The summed E-state index contributed by atoms with van der Waals surface area (Å²) in [6, 6.07) is 0. The molecule has 0 N–H and O–H groups in total. The van der Waals surface area contributed by atoms with Crippen LogP contribution in [0.5, 0.6) is 0 Å². The maximum Gasteiger partial charge on any atom is 0.306 e. The molecule has 0 bridgehead atoms. The topological polar surface area (TPSA) is 78.9 Å². The van der Waals surface area contributed by atoms with Crippen molar-refractivity contribution in [1.29, 1.82) is 0 Å². The molecule has 0 aliphatic heterocycles. The Bertz CT molecular complexity index is 1940. The molecule has 0 aromatic rings. The normalized spacial score (nSPS) is 13.3. The molecule has 0 saturated heterocycles. The van der Waals surface area contributed by atoms with Crippen LogP contribution in [0.4, 0.5) is 0 Å². The minimum atomic E-state index is -0.824. The van der Waals surface area contributed by atoms with E-state index in [0.29, 0.717) is 19.3 Å². The second-order valence-corrected chi connectivity index (χ2v) is 21.3. The van der Waals surface area contributed by atoms with Crippen LogP contribution in [0.1, 0.15) is 265 Å². The van der Waals surface area contributed by atoms with Crippen molar-refractivity contribution in [3.05, 3.63) is 182 Å². The predicted molar refractivity (Wildman–Crippen MR) is 361 cm³/mol. The molecule has 0 aromatic heterocycles. The Morgan fingerprint density at radius 2 is 0.470 bits per heavy atom. The molecule has 83 heavy (non-hydrogen) atoms. The van der Waals surface area contributed by atoms with E-state index in [1.54, 1.807) is 0 Å². The molecule has 6 heteroatoms. The van der Waals surface area contributed by atoms with Crippen molar-refractivity contribution < 1.29 is 28.6 Å². The van der Waals surface area contributed by atoms with Crippen LogP contribution in [0.3, 0.4) is 0 Å². The maximum absolute atomic E-state index is 12.9. The SMILES string of the molecule is CC/C=C\C/C=C\C/C=C\C/C=C\C/C=C\C/C=C\C/C=C\C/C=C\C/C=C\C/C=C\CCCCCCC(=O)OCC(COC(=O)CCCCCCC/C=C\CCCCCCCC)OC(=O)CCCC/C=C\C/C=C\C/C=C\C/C=C\CC. The number of allylic oxidation sites excluding steroid dienone is 30. The zero-order valence-corrected chi connectivity index (χ0v) is 53.1. The van der Waals surface area contributed by atoms with Gasteiger partial charge in [-0.05, 0) is 161 Å². The second kappa shape index (κ2) is 69.0. The fraction of sp³-hybridized carbons (Fsp3) is 0.571. The molecule has 0 heterocycles. The van der Waals surface area contributed by atoms with Gasteiger partial charge in [-0.2, -0.15) is 0 Å². The third-order valence-corrected chi connectivity index (χ3v) is 13.4. The number of hydrogen-bond acceptors (Lipinski definition) is 6. The highest BCUT2D eigenvalue weighted by Crippen LogP contribution is 2.13. The molecule has 0 aromatic carbocycles. The van der Waals surface area contributed by atoms with Crippen LogP contribution in [-0.4, -0.2) is 37.2 Å². The number of esters is 3. The lowest BCUT2D eigenvalue weighted by molar-refractivity contribution is -0.167. The lowest BCUT2D eigenvalue weighted by Crippen LogP contribution is -2.30. The summed E-state index contributed by atoms with van der Waals surface area (Å²) in [6.07, 6.45) is 103. The van der Waals surface area contributed by atoms with Crippen molar-refractivity contribution in [2.24, 2.45) is 0 Å². The zero-order valence-electron chi connectivity index (χ0n) is 53.1. The Hall–Kier alpha value is -5.49. The highest BCUT2D eigenvalue weighted by Gasteiger charge is 2.19. The molecule has 0 fully saturated rings. The van der Waals surface area contributed by atoms with E-state index < -0.39 is 6.10 Å². The summed E-state index contributed by atoms with van der Waals surface area (Å²) in [5, 5.41) is 0. The van der Waals surface area contributed by atoms with E-state index >= 15 is 0 Å². The monoisotopic (exact) mass is 1140 g/mol. The lowest BCUT2D eigenvalue weighted by Gasteiger charge is -2.18. The Morgan fingerprint density at radius 1 is 0.253 bits per heavy atom. The smallest absolute Gasteiger partial charge is 0.306 e. The number of rotatable bonds is 58. The van der Waals surface area contributed by atoms with Gasteiger partial charge in [-0.3, -0.25) is 14.4 Å². The number of ether oxygens (including phenoxy) is 3. The van der Waals surface area contributed by atoms with E-state index in [4.69, 9.17) is 14.2 Å². The number of carbonyl (C=O) groups excluding carboxylic acids is 3. The molecular weight excluding hydrogens is 1020 g/mol. The summed E-state index contributed by atoms with van der Waals surface area (Å²) >= 11 is 0. The highest BCUT2D eigenvalue weighted by atomic mass is 16.6. The van der Waals surface area contributed by atoms with Crippen molar-refractivity contribution in [2.45, 2.75) is 271 Å². The Balaban J connectivity index is 4.40. The molecule has 0 saturated carbocycles. The molecule has 0 radical (unpaired) electrons. The molecule has 0 aliphatic rings. The molecule has 0 spiro atoms. The van der Waals surface area contributed by atoms with E-state index in [2.05, 4.69) is 203 Å². The van der Waals surface area contributed by atoms with Gasteiger partial charge in [0.2, 0.25) is 0 Å². The van der Waals surface area contributed by atoms with Crippen molar-refractivity contribution in [3.63, 3.8) is 0 Å². The molecule has 1 atom stereocenters. The second-order valence-electron chi connectivity index (χ2n) is 21.3. The number of unbranched alkanes of at least 4 members (excludes halogenated alkanes) is 17. The van der Waals surface area contributed by atoms with Gasteiger partial charge in [0.1, 0.15) is 13.2 Å². The van der Waals surface area contributed by atoms with Crippen LogP contribution < -0.4 is 0 Å². The largest absolute Gasteiger partial charge is 0.462 e. The van der Waals surface area contributed by atoms with E-state index in [1.165, 1.54) is 51.4 Å². The quantitative estimate of drug-likeness (QED) is 0.0261. The van der Waals surface area contributed by atoms with Crippen LogP contribution in [0.2, 0.25) is 0 Å². The van der Waals surface area contributed by atoms with Crippen LogP contribution in [0, 0.1) is 0 Å². The summed E-state index contributed by atoms with van der Waals surface area (Å²) in [5.41, 5.74) is 0. The van der Waals surface area contributed by atoms with Gasteiger partial charge in [0.25, 0.3) is 0 Å². The number of carbonyl (C=O) groups is 3. The first-order chi connectivity index (χ1) is 41.0. The molecule has 6 nitrogen and oxygen atoms in total. The van der Waals surface area contributed by atoms with Gasteiger partial charge < -0.3 is 14.2 Å². The third-order valence-electron chi connectivity index (χ3n) is 13.4. The minimum absolute atomic E-state index is 0.115. The van der Waals surface area contributed by atoms with Crippen LogP contribution in [-0.2, 0) is 28.6 Å². The molecular formula is C77H120O6. The van der Waals surface area contributed by atoms with Gasteiger partial charge in [-0.15, -0.1) is 0 Å². The van der Waals surface area contributed by atoms with E-state index in [-0.39, 0.29) is 37.5 Å². The first-order valence-electron chi connectivity index (χ1n) is 33.3. The fourth-order valence-electron chi connectivity index (χ4n) is 8.46. The van der Waals surface area contributed by atoms with E-state index in [9.17, 15) is 14.4 Å². The molecule has 0 rings (SSSR count). The van der Waals surface area contributed by atoms with Crippen LogP contribution >= 0.6 is 0 Å². The van der Waals surface area contributed by atoms with Crippen molar-refractivity contribution in [3.8, 4) is 0 Å². The van der Waals surface area contributed by atoms with E-state index in [0.717, 1.165) is 167 Å². The first kappa shape index (κ1) is 77.5. The predicted octanol–water partition coefficient (Wildman–Crippen LogP) is 23.2. The Labute approximate surface area is 510 Å². The Morgan fingerprint density at radius 3 is 0.771 bits per heavy atom. The summed E-state index contributed by atoms with van der Waals surface area (Å²) in [6.45, 7) is 6.33. The lowest BCUT2D eigenvalue weighted by atomic mass is 10.1. The fourth-order valence-corrected chi connectivity index (χ4v) is 8.46. The van der Waals surface area contributed by atoms with Crippen molar-refractivity contribution in [2.75, 3.05) is 13.2 Å². The Kier molecular flexibility index (Phi) is 64.4. The molecule has 1 unspecified atom stereocenters. The number of hydrogen-bond donors (Lipinski definition) is 0. The van der Waals surface area contributed by atoms with Crippen molar-refractivity contribution >= 4 is 17.9 Å². The third kappa shape index (κ3) is 67.2. The minimum Gasteiger partial charge on any atom is -0.462 e. The summed E-state index contributed by atoms with van der Waals surface area (Å²) in [4.78, 5) is 38.3. The standard InChI is InChI=1S/C77H120O6/c1-4-7-10-13-16-19-22-25-28-29-30-31-32-33-34-35-36-37-38-39-40-41-42-43-44-45-46-47-50-52-55-58-61-64-67-70-76(79)82-73-74(83-77(80)71-68-65-62-59-56-53-49-27-24-21-18-15-12-9-6-3)72-81-75(78)69-66-63-60-57-54-51-48-26-23-20-17-14-11-8-5-2/h7,9-10,12,16,18-19,21,25-28,30-31,33-34,36-37,39-40,42-43,45-46,48-50,52,56,59,74H,4-6,8,11,13-15,17,20,22-24,29,32,35,38,41,44,47,51,53-55,57-58,60-73H2,1-3H3/b10-7-,12-9-,19-16-,21-18-,28-25-,31-30-,34-33-,37-36-,40-39-,43-42-,46-45-,48-26-,49-27-,52-50-,59-56-. The van der Waals surface area contributed by atoms with Gasteiger partial charge in [0.05, 0.1) is 0 Å². The van der Waals surface area contributed by atoms with Crippen LogP contribution in [0.15, 0.2) is 182 Å². The molecule has 0 aliphatic carbocycles. The highest BCUT2D eigenvalue weighted by molar-refractivity contribution is 5.71. The van der Waals surface area contributed by atoms with Gasteiger partial charge in [0.15, 0.2) is 6.10 Å². The maximum atomic E-state index is 12.9. The van der Waals surface area contributed by atoms with E-state index in [1.807, 2.05) is 0 Å². The summed E-state index contributed by atoms with van der Waals surface area (Å²) in [7, 11) is 0. The molecule has 464 valence electrons. The molecule has 0 amide bonds. The average Bonchev–Trinajstić information content (AvgIpc) is 3.49. The summed E-state index contributed by atoms with van der Waals surface area (Å²) < 4.78 is 16.8.